The van der Waals surface area contributed by atoms with E-state index >= 15 is 0 Å². The first-order valence-electron chi connectivity index (χ1n) is 14.4. The van der Waals surface area contributed by atoms with E-state index in [1.54, 1.807) is 43.4 Å². The molecule has 1 aliphatic carbocycles. The minimum Gasteiger partial charge on any atom is -0.494 e. The second-order valence-corrected chi connectivity index (χ2v) is 11.0. The first-order chi connectivity index (χ1) is 21.3. The minimum atomic E-state index is -0.431. The molecule has 0 spiro atoms. The van der Waals surface area contributed by atoms with E-state index < -0.39 is 5.91 Å². The number of carbonyl (C=O) groups is 2. The van der Waals surface area contributed by atoms with Crippen LogP contribution in [0.2, 0.25) is 0 Å². The van der Waals surface area contributed by atoms with Gasteiger partial charge in [-0.05, 0) is 25.0 Å². The van der Waals surface area contributed by atoms with E-state index in [9.17, 15) is 14.4 Å². The molecule has 1 aromatic carbocycles. The number of para-hydroxylation sites is 1. The maximum Gasteiger partial charge on any atom is 0.273 e. The number of rotatable bonds is 10. The number of nitrogens with one attached hydrogen (secondary N) is 3. The Kier molecular flexibility index (Phi) is 8.03. The normalized spacial score (nSPS) is 14.9. The van der Waals surface area contributed by atoms with Crippen molar-refractivity contribution in [3.05, 3.63) is 82.4 Å². The number of aromatic nitrogens is 5. The van der Waals surface area contributed by atoms with Crippen molar-refractivity contribution >= 4 is 29.0 Å². The van der Waals surface area contributed by atoms with Crippen LogP contribution in [0.3, 0.4) is 0 Å². The average Bonchev–Trinajstić information content (AvgIpc) is 3.87. The van der Waals surface area contributed by atoms with Gasteiger partial charge in [-0.3, -0.25) is 19.3 Å². The van der Waals surface area contributed by atoms with E-state index in [0.29, 0.717) is 23.7 Å². The molecule has 2 aliphatic rings. The number of aryl methyl sites for hydroxylation is 1. The molecule has 1 saturated carbocycles. The quantitative estimate of drug-likeness (QED) is 0.249. The highest BCUT2D eigenvalue weighted by molar-refractivity contribution is 6.00. The number of hydrogen-bond acceptors (Lipinski definition) is 10. The fourth-order valence-corrected chi connectivity index (χ4v) is 5.20. The number of ether oxygens (including phenoxy) is 1. The lowest BCUT2D eigenvalue weighted by molar-refractivity contribution is -0.117. The summed E-state index contributed by atoms with van der Waals surface area (Å²) in [6, 6.07) is 10.9. The Bertz CT molecular complexity index is 1760. The van der Waals surface area contributed by atoms with E-state index in [1.807, 2.05) is 30.3 Å². The van der Waals surface area contributed by atoms with Crippen molar-refractivity contribution in [1.82, 2.24) is 34.9 Å². The first kappa shape index (κ1) is 28.9. The predicted molar refractivity (Wildman–Crippen MR) is 164 cm³/mol. The zero-order chi connectivity index (χ0) is 30.8. The molecule has 13 heteroatoms. The molecule has 13 nitrogen and oxygen atoms in total. The average molecular weight is 596 g/mol. The van der Waals surface area contributed by atoms with E-state index in [0.717, 1.165) is 48.4 Å². The standard InChI is InChI=1S/C31H33N9O4/c1-32-30(42)26-24(12-25(37-38-26)36-29(41)18-9-10-18)35-23-8-4-7-22(27(23)44-3)20-13-33-28(34-14-20)21-16-40(17-21)15-19-6-5-11-39(2)31(19)43/h4-8,11-14,18,21H,9-10,15-17H2,1-3H3,(H,32,42)(H2,35,36,37,41). The van der Waals surface area contributed by atoms with Crippen LogP contribution >= 0.6 is 0 Å². The molecular formula is C31H33N9O4. The molecule has 2 amide bonds. The molecule has 4 heterocycles. The number of anilines is 3. The molecule has 0 atom stereocenters. The monoisotopic (exact) mass is 595 g/mol. The van der Waals surface area contributed by atoms with E-state index in [1.165, 1.54) is 7.05 Å². The number of pyridine rings is 1. The molecule has 3 N–H and O–H groups in total. The molecule has 4 aromatic rings. The highest BCUT2D eigenvalue weighted by Crippen LogP contribution is 2.38. The van der Waals surface area contributed by atoms with Crippen LogP contribution in [0.5, 0.6) is 5.75 Å². The molecule has 3 aromatic heterocycles. The van der Waals surface area contributed by atoms with Crippen molar-refractivity contribution < 1.29 is 14.3 Å². The smallest absolute Gasteiger partial charge is 0.273 e. The lowest BCUT2D eigenvalue weighted by Crippen LogP contribution is -2.45. The van der Waals surface area contributed by atoms with E-state index in [4.69, 9.17) is 4.74 Å². The van der Waals surface area contributed by atoms with Crippen LogP contribution in [-0.2, 0) is 18.4 Å². The number of benzene rings is 1. The van der Waals surface area contributed by atoms with Gasteiger partial charge in [0.2, 0.25) is 5.91 Å². The lowest BCUT2D eigenvalue weighted by Gasteiger charge is -2.38. The Hall–Kier alpha value is -5.17. The van der Waals surface area contributed by atoms with Gasteiger partial charge in [0, 0.05) is 86.9 Å². The Morgan fingerprint density at radius 2 is 1.82 bits per heavy atom. The third-order valence-corrected chi connectivity index (χ3v) is 7.83. The van der Waals surface area contributed by atoms with Crippen molar-refractivity contribution in [2.45, 2.75) is 25.3 Å². The van der Waals surface area contributed by atoms with Gasteiger partial charge >= 0.3 is 0 Å². The van der Waals surface area contributed by atoms with Crippen LogP contribution in [-0.4, -0.2) is 68.7 Å². The van der Waals surface area contributed by atoms with E-state index in [2.05, 4.69) is 41.0 Å². The van der Waals surface area contributed by atoms with Crippen LogP contribution in [0.25, 0.3) is 11.1 Å². The van der Waals surface area contributed by atoms with Crippen LogP contribution < -0.4 is 26.2 Å². The zero-order valence-corrected chi connectivity index (χ0v) is 24.7. The van der Waals surface area contributed by atoms with Gasteiger partial charge in [-0.2, -0.15) is 0 Å². The highest BCUT2D eigenvalue weighted by atomic mass is 16.5. The summed E-state index contributed by atoms with van der Waals surface area (Å²) in [5.74, 6) is 1.15. The van der Waals surface area contributed by atoms with Crippen LogP contribution in [0.15, 0.2) is 59.8 Å². The summed E-state index contributed by atoms with van der Waals surface area (Å²) in [5.41, 5.74) is 3.31. The number of amides is 2. The van der Waals surface area contributed by atoms with Gasteiger partial charge in [-0.25, -0.2) is 9.97 Å². The molecule has 2 fully saturated rings. The molecule has 1 aliphatic heterocycles. The van der Waals surface area contributed by atoms with Gasteiger partial charge < -0.3 is 25.3 Å². The highest BCUT2D eigenvalue weighted by Gasteiger charge is 2.31. The molecule has 0 radical (unpaired) electrons. The molecule has 6 rings (SSSR count). The van der Waals surface area contributed by atoms with Crippen molar-refractivity contribution in [1.29, 1.82) is 0 Å². The van der Waals surface area contributed by atoms with Gasteiger partial charge in [0.05, 0.1) is 18.5 Å². The number of methoxy groups -OCH3 is 1. The number of hydrogen-bond donors (Lipinski definition) is 3. The predicted octanol–water partition coefficient (Wildman–Crippen LogP) is 2.69. The molecule has 1 saturated heterocycles. The minimum absolute atomic E-state index is 0.00902. The Morgan fingerprint density at radius 1 is 1.05 bits per heavy atom. The van der Waals surface area contributed by atoms with Gasteiger partial charge in [0.25, 0.3) is 11.5 Å². The van der Waals surface area contributed by atoms with Crippen LogP contribution in [0, 0.1) is 5.92 Å². The van der Waals surface area contributed by atoms with Crippen LogP contribution in [0.4, 0.5) is 17.2 Å². The van der Waals surface area contributed by atoms with Gasteiger partial charge in [0.1, 0.15) is 11.6 Å². The largest absolute Gasteiger partial charge is 0.494 e. The molecule has 0 unspecified atom stereocenters. The Morgan fingerprint density at radius 3 is 2.52 bits per heavy atom. The van der Waals surface area contributed by atoms with Crippen LogP contribution in [0.1, 0.15) is 40.6 Å². The maximum atomic E-state index is 12.6. The molecule has 44 heavy (non-hydrogen) atoms. The van der Waals surface area contributed by atoms with Crippen molar-refractivity contribution in [2.24, 2.45) is 13.0 Å². The topological polar surface area (TPSA) is 156 Å². The number of carbonyl (C=O) groups excluding carboxylic acids is 2. The lowest BCUT2D eigenvalue weighted by atomic mass is 9.98. The maximum absolute atomic E-state index is 12.6. The Balaban J connectivity index is 1.19. The summed E-state index contributed by atoms with van der Waals surface area (Å²) in [6.07, 6.45) is 7.01. The summed E-state index contributed by atoms with van der Waals surface area (Å²) >= 11 is 0. The van der Waals surface area contributed by atoms with Crippen molar-refractivity contribution in [3.8, 4) is 16.9 Å². The Labute approximate surface area is 253 Å². The van der Waals surface area contributed by atoms with Crippen molar-refractivity contribution in [2.75, 3.05) is 37.9 Å². The number of nitrogens with zero attached hydrogens (tertiary/aromatic N) is 6. The summed E-state index contributed by atoms with van der Waals surface area (Å²) in [4.78, 5) is 48.7. The zero-order valence-electron chi connectivity index (χ0n) is 24.7. The molecular weight excluding hydrogens is 562 g/mol. The first-order valence-corrected chi connectivity index (χ1v) is 14.4. The second kappa shape index (κ2) is 12.2. The third kappa shape index (κ3) is 5.99. The summed E-state index contributed by atoms with van der Waals surface area (Å²) in [6.45, 7) is 2.15. The summed E-state index contributed by atoms with van der Waals surface area (Å²) in [5, 5.41) is 16.7. The summed E-state index contributed by atoms with van der Waals surface area (Å²) < 4.78 is 7.40. The van der Waals surface area contributed by atoms with Crippen molar-refractivity contribution in [3.63, 3.8) is 0 Å². The molecule has 0 bridgehead atoms. The fourth-order valence-electron chi connectivity index (χ4n) is 5.20. The fraction of sp³-hybridized carbons (Fsp3) is 0.323. The van der Waals surface area contributed by atoms with Gasteiger partial charge in [-0.1, -0.05) is 18.2 Å². The van der Waals surface area contributed by atoms with Gasteiger partial charge in [0.15, 0.2) is 11.5 Å². The summed E-state index contributed by atoms with van der Waals surface area (Å²) in [7, 11) is 4.83. The number of likely N-dealkylation sites (tertiary alicyclic amines) is 1. The third-order valence-electron chi connectivity index (χ3n) is 7.83. The SMILES string of the molecule is CNC(=O)c1nnc(NC(=O)C2CC2)cc1Nc1cccc(-c2cnc(C3CN(Cc4cccn(C)c4=O)C3)nc2)c1OC. The molecule has 226 valence electrons. The van der Waals surface area contributed by atoms with Gasteiger partial charge in [-0.15, -0.1) is 10.2 Å². The second-order valence-electron chi connectivity index (χ2n) is 11.0. The van der Waals surface area contributed by atoms with E-state index in [-0.39, 0.29) is 34.8 Å².